The number of hydrogen-bond acceptors (Lipinski definition) is 3. The third-order valence-electron chi connectivity index (χ3n) is 3.43. The first-order chi connectivity index (χ1) is 6.27. The van der Waals surface area contributed by atoms with E-state index in [4.69, 9.17) is 0 Å². The highest BCUT2D eigenvalue weighted by Gasteiger charge is 2.27. The fraction of sp³-hybridized carbons (Fsp3) is 1.00. The van der Waals surface area contributed by atoms with Gasteiger partial charge in [0.2, 0.25) is 0 Å². The van der Waals surface area contributed by atoms with Gasteiger partial charge in [-0.15, -0.1) is 0 Å². The van der Waals surface area contributed by atoms with Gasteiger partial charge >= 0.3 is 0 Å². The molecule has 76 valence electrons. The minimum absolute atomic E-state index is 0.630. The van der Waals surface area contributed by atoms with E-state index in [1.165, 1.54) is 38.8 Å². The maximum absolute atomic E-state index is 3.73. The lowest BCUT2D eigenvalue weighted by atomic mass is 10.3. The Labute approximate surface area is 81.1 Å². The summed E-state index contributed by atoms with van der Waals surface area (Å²) in [6, 6.07) is 0. The molecule has 0 radical (unpaired) electrons. The van der Waals surface area contributed by atoms with Gasteiger partial charge < -0.3 is 0 Å². The maximum Gasteiger partial charge on any atom is 0.0607 e. The summed E-state index contributed by atoms with van der Waals surface area (Å²) >= 11 is 0. The van der Waals surface area contributed by atoms with Crippen molar-refractivity contribution < 1.29 is 0 Å². The van der Waals surface area contributed by atoms with E-state index in [0.717, 1.165) is 0 Å². The number of rotatable bonds is 2. The minimum atomic E-state index is 0.630. The summed E-state index contributed by atoms with van der Waals surface area (Å²) in [5.41, 5.74) is 0. The molecule has 0 aliphatic carbocycles. The van der Waals surface area contributed by atoms with Crippen molar-refractivity contribution >= 4 is 0 Å². The van der Waals surface area contributed by atoms with Gasteiger partial charge in [-0.05, 0) is 52.9 Å². The maximum atomic E-state index is 3.73. The summed E-state index contributed by atoms with van der Waals surface area (Å²) in [7, 11) is 4.44. The van der Waals surface area contributed by atoms with Crippen LogP contribution in [0, 0.1) is 0 Å². The first-order valence-electron chi connectivity index (χ1n) is 5.44. The zero-order chi connectivity index (χ0) is 9.26. The second-order valence-corrected chi connectivity index (χ2v) is 4.44. The Hall–Kier alpha value is -0.120. The average Bonchev–Trinajstić information content (AvgIpc) is 2.65. The van der Waals surface area contributed by atoms with Crippen molar-refractivity contribution in [1.29, 1.82) is 0 Å². The fourth-order valence-corrected chi connectivity index (χ4v) is 2.46. The van der Waals surface area contributed by atoms with Gasteiger partial charge in [0.1, 0.15) is 0 Å². The van der Waals surface area contributed by atoms with Crippen molar-refractivity contribution in [2.75, 3.05) is 27.2 Å². The van der Waals surface area contributed by atoms with Gasteiger partial charge in [0.05, 0.1) is 12.3 Å². The van der Waals surface area contributed by atoms with E-state index >= 15 is 0 Å². The Morgan fingerprint density at radius 1 is 0.923 bits per heavy atom. The first-order valence-corrected chi connectivity index (χ1v) is 5.44. The lowest BCUT2D eigenvalue weighted by Crippen LogP contribution is -2.49. The van der Waals surface area contributed by atoms with E-state index in [0.29, 0.717) is 12.3 Å². The number of hydrogen-bond donors (Lipinski definition) is 1. The zero-order valence-electron chi connectivity index (χ0n) is 8.79. The molecule has 2 saturated heterocycles. The second kappa shape index (κ2) is 3.95. The van der Waals surface area contributed by atoms with Crippen LogP contribution < -0.4 is 5.32 Å². The molecule has 3 heteroatoms. The smallest absolute Gasteiger partial charge is 0.0607 e. The van der Waals surface area contributed by atoms with Gasteiger partial charge in [-0.1, -0.05) is 0 Å². The molecule has 1 N–H and O–H groups in total. The normalized spacial score (nSPS) is 37.4. The van der Waals surface area contributed by atoms with Crippen LogP contribution in [0.15, 0.2) is 0 Å². The van der Waals surface area contributed by atoms with Crippen molar-refractivity contribution in [3.05, 3.63) is 0 Å². The van der Waals surface area contributed by atoms with Gasteiger partial charge in [0, 0.05) is 0 Å². The van der Waals surface area contributed by atoms with Crippen LogP contribution >= 0.6 is 0 Å². The third kappa shape index (κ3) is 2.03. The van der Waals surface area contributed by atoms with Crippen LogP contribution in [0.25, 0.3) is 0 Å². The van der Waals surface area contributed by atoms with Gasteiger partial charge in [-0.25, -0.2) is 0 Å². The van der Waals surface area contributed by atoms with Gasteiger partial charge in [0.15, 0.2) is 0 Å². The van der Waals surface area contributed by atoms with Crippen molar-refractivity contribution in [2.24, 2.45) is 0 Å². The molecule has 0 aromatic heterocycles. The lowest BCUT2D eigenvalue weighted by Gasteiger charge is -2.28. The highest BCUT2D eigenvalue weighted by molar-refractivity contribution is 4.81. The molecule has 3 nitrogen and oxygen atoms in total. The van der Waals surface area contributed by atoms with Crippen molar-refractivity contribution in [2.45, 2.75) is 38.0 Å². The van der Waals surface area contributed by atoms with Crippen molar-refractivity contribution in [1.82, 2.24) is 15.1 Å². The molecule has 0 aromatic carbocycles. The molecule has 2 rings (SSSR count). The van der Waals surface area contributed by atoms with E-state index in [1.54, 1.807) is 0 Å². The van der Waals surface area contributed by atoms with Crippen molar-refractivity contribution in [3.8, 4) is 0 Å². The average molecular weight is 183 g/mol. The predicted molar refractivity (Wildman–Crippen MR) is 54.4 cm³/mol. The molecule has 13 heavy (non-hydrogen) atoms. The molecule has 2 atom stereocenters. The van der Waals surface area contributed by atoms with Gasteiger partial charge in [-0.2, -0.15) is 0 Å². The van der Waals surface area contributed by atoms with Crippen LogP contribution in [0.5, 0.6) is 0 Å². The summed E-state index contributed by atoms with van der Waals surface area (Å²) in [5.74, 6) is 0. The lowest BCUT2D eigenvalue weighted by molar-refractivity contribution is 0.176. The Bertz CT molecular complexity index is 154. The molecule has 0 bridgehead atoms. The Morgan fingerprint density at radius 3 is 1.69 bits per heavy atom. The van der Waals surface area contributed by atoms with E-state index in [2.05, 4.69) is 29.2 Å². The fourth-order valence-electron chi connectivity index (χ4n) is 2.46. The molecule has 0 spiro atoms. The van der Waals surface area contributed by atoms with Crippen LogP contribution in [0.1, 0.15) is 25.7 Å². The molecule has 0 amide bonds. The Balaban J connectivity index is 1.82. The monoisotopic (exact) mass is 183 g/mol. The van der Waals surface area contributed by atoms with Crippen LogP contribution in [0.2, 0.25) is 0 Å². The third-order valence-corrected chi connectivity index (χ3v) is 3.43. The van der Waals surface area contributed by atoms with E-state index in [1.807, 2.05) is 0 Å². The van der Waals surface area contributed by atoms with E-state index in [9.17, 15) is 0 Å². The molecular formula is C10H21N3. The zero-order valence-corrected chi connectivity index (χ0v) is 8.79. The molecule has 2 heterocycles. The minimum Gasteiger partial charge on any atom is -0.291 e. The van der Waals surface area contributed by atoms with Crippen LogP contribution in [0.3, 0.4) is 0 Å². The number of nitrogens with one attached hydrogen (secondary N) is 1. The quantitative estimate of drug-likeness (QED) is 0.679. The van der Waals surface area contributed by atoms with Crippen LogP contribution in [0.4, 0.5) is 0 Å². The first kappa shape index (κ1) is 9.44. The Morgan fingerprint density at radius 2 is 1.38 bits per heavy atom. The van der Waals surface area contributed by atoms with E-state index < -0.39 is 0 Å². The van der Waals surface area contributed by atoms with Gasteiger partial charge in [-0.3, -0.25) is 15.1 Å². The van der Waals surface area contributed by atoms with Crippen LogP contribution in [-0.4, -0.2) is 49.3 Å². The molecular weight excluding hydrogens is 162 g/mol. The number of nitrogens with zero attached hydrogens (tertiary/aromatic N) is 2. The van der Waals surface area contributed by atoms with Crippen LogP contribution in [-0.2, 0) is 0 Å². The van der Waals surface area contributed by atoms with E-state index in [-0.39, 0.29) is 0 Å². The standard InChI is InChI=1S/C10H21N3/c1-12-7-3-5-9(12)11-10-6-4-8-13(10)2/h9-11H,3-8H2,1-2H3. The molecule has 0 aromatic rings. The topological polar surface area (TPSA) is 18.5 Å². The summed E-state index contributed by atoms with van der Waals surface area (Å²) in [5, 5.41) is 3.73. The molecule has 2 fully saturated rings. The summed E-state index contributed by atoms with van der Waals surface area (Å²) in [4.78, 5) is 4.87. The number of likely N-dealkylation sites (tertiary alicyclic amines) is 2. The molecule has 2 aliphatic rings. The van der Waals surface area contributed by atoms with Crippen molar-refractivity contribution in [3.63, 3.8) is 0 Å². The largest absolute Gasteiger partial charge is 0.291 e. The molecule has 0 saturated carbocycles. The second-order valence-electron chi connectivity index (χ2n) is 4.44. The summed E-state index contributed by atoms with van der Waals surface area (Å²) < 4.78 is 0. The Kier molecular flexibility index (Phi) is 2.86. The summed E-state index contributed by atoms with van der Waals surface area (Å²) in [6.07, 6.45) is 6.60. The summed E-state index contributed by atoms with van der Waals surface area (Å²) in [6.45, 7) is 2.52. The highest BCUT2D eigenvalue weighted by atomic mass is 15.4. The highest BCUT2D eigenvalue weighted by Crippen LogP contribution is 2.17. The van der Waals surface area contributed by atoms with Gasteiger partial charge in [0.25, 0.3) is 0 Å². The molecule has 2 aliphatic heterocycles. The SMILES string of the molecule is CN1CCCC1NC1CCCN1C. The molecule has 2 unspecified atom stereocenters. The predicted octanol–water partition coefficient (Wildman–Crippen LogP) is 0.679.